The van der Waals surface area contributed by atoms with Crippen molar-refractivity contribution < 1.29 is 4.42 Å². The molecule has 0 amide bonds. The fourth-order valence-corrected chi connectivity index (χ4v) is 2.69. The summed E-state index contributed by atoms with van der Waals surface area (Å²) in [6, 6.07) is 1.98. The van der Waals surface area contributed by atoms with Crippen LogP contribution in [0.2, 0.25) is 0 Å². The van der Waals surface area contributed by atoms with E-state index in [9.17, 15) is 0 Å². The second kappa shape index (κ2) is 5.43. The van der Waals surface area contributed by atoms with Gasteiger partial charge in [-0.05, 0) is 24.8 Å². The molecule has 2 heterocycles. The van der Waals surface area contributed by atoms with Crippen molar-refractivity contribution in [2.45, 2.75) is 25.9 Å². The summed E-state index contributed by atoms with van der Waals surface area (Å²) in [7, 11) is 0. The molecule has 1 aliphatic heterocycles. The topological polar surface area (TPSA) is 45.6 Å². The van der Waals surface area contributed by atoms with Crippen molar-refractivity contribution in [1.82, 2.24) is 9.80 Å². The highest BCUT2D eigenvalue weighted by Gasteiger charge is 2.26. The van der Waals surface area contributed by atoms with E-state index in [1.54, 1.807) is 6.26 Å². The third kappa shape index (κ3) is 2.94. The van der Waals surface area contributed by atoms with Gasteiger partial charge in [-0.15, -0.1) is 0 Å². The van der Waals surface area contributed by atoms with Crippen molar-refractivity contribution >= 4 is 0 Å². The Balaban J connectivity index is 1.47. The highest BCUT2D eigenvalue weighted by atomic mass is 16.3. The molecule has 0 spiro atoms. The van der Waals surface area contributed by atoms with Crippen LogP contribution >= 0.6 is 0 Å². The van der Waals surface area contributed by atoms with Crippen molar-refractivity contribution in [3.63, 3.8) is 0 Å². The van der Waals surface area contributed by atoms with Gasteiger partial charge in [0, 0.05) is 44.8 Å². The summed E-state index contributed by atoms with van der Waals surface area (Å²) < 4.78 is 5.52. The van der Waals surface area contributed by atoms with E-state index in [1.165, 1.54) is 32.5 Å². The normalized spacial score (nSPS) is 22.5. The molecule has 0 bridgehead atoms. The van der Waals surface area contributed by atoms with Crippen LogP contribution in [-0.4, -0.2) is 42.5 Å². The quantitative estimate of drug-likeness (QED) is 0.853. The smallest absolute Gasteiger partial charge is 0.122 e. The third-order valence-corrected chi connectivity index (χ3v) is 4.10. The van der Waals surface area contributed by atoms with E-state index in [1.807, 2.05) is 6.07 Å². The Morgan fingerprint density at radius 3 is 2.56 bits per heavy atom. The van der Waals surface area contributed by atoms with Gasteiger partial charge in [0.1, 0.15) is 5.76 Å². The van der Waals surface area contributed by atoms with Gasteiger partial charge < -0.3 is 15.1 Å². The SMILES string of the molecule is NCc1ccoc1CN1CCN(CC2CC2)CC1. The minimum atomic E-state index is 0.577. The van der Waals surface area contributed by atoms with Crippen LogP contribution < -0.4 is 5.73 Å². The molecule has 18 heavy (non-hydrogen) atoms. The van der Waals surface area contributed by atoms with Crippen molar-refractivity contribution in [1.29, 1.82) is 0 Å². The summed E-state index contributed by atoms with van der Waals surface area (Å²) in [5.41, 5.74) is 6.85. The monoisotopic (exact) mass is 249 g/mol. The first kappa shape index (κ1) is 12.2. The van der Waals surface area contributed by atoms with Gasteiger partial charge in [0.25, 0.3) is 0 Å². The summed E-state index contributed by atoms with van der Waals surface area (Å²) in [5.74, 6) is 2.05. The van der Waals surface area contributed by atoms with E-state index < -0.39 is 0 Å². The predicted octanol–water partition coefficient (Wildman–Crippen LogP) is 1.27. The minimum Gasteiger partial charge on any atom is -0.468 e. The van der Waals surface area contributed by atoms with Gasteiger partial charge >= 0.3 is 0 Å². The van der Waals surface area contributed by atoms with Crippen LogP contribution in [0.15, 0.2) is 16.7 Å². The standard InChI is InChI=1S/C14H23N3O/c15-9-13-3-8-18-14(13)11-17-6-4-16(5-7-17)10-12-1-2-12/h3,8,12H,1-2,4-7,9-11,15H2. The van der Waals surface area contributed by atoms with Gasteiger partial charge in [-0.3, -0.25) is 4.90 Å². The van der Waals surface area contributed by atoms with Gasteiger partial charge in [-0.2, -0.15) is 0 Å². The number of furan rings is 1. The number of rotatable bonds is 5. The van der Waals surface area contributed by atoms with Gasteiger partial charge in [-0.25, -0.2) is 0 Å². The summed E-state index contributed by atoms with van der Waals surface area (Å²) >= 11 is 0. The molecule has 0 radical (unpaired) electrons. The summed E-state index contributed by atoms with van der Waals surface area (Å²) in [5, 5.41) is 0. The van der Waals surface area contributed by atoms with Crippen LogP contribution in [-0.2, 0) is 13.1 Å². The molecule has 4 heteroatoms. The van der Waals surface area contributed by atoms with Gasteiger partial charge in [-0.1, -0.05) is 0 Å². The van der Waals surface area contributed by atoms with Crippen LogP contribution in [0.25, 0.3) is 0 Å². The number of hydrogen-bond donors (Lipinski definition) is 1. The maximum atomic E-state index is 5.70. The Kier molecular flexibility index (Phi) is 3.68. The molecule has 2 N–H and O–H groups in total. The van der Waals surface area contributed by atoms with Crippen LogP contribution in [0, 0.1) is 5.92 Å². The molecule has 1 aromatic heterocycles. The van der Waals surface area contributed by atoms with Crippen LogP contribution in [0.3, 0.4) is 0 Å². The van der Waals surface area contributed by atoms with Crippen molar-refractivity contribution in [2.75, 3.05) is 32.7 Å². The molecule has 1 aromatic rings. The lowest BCUT2D eigenvalue weighted by atomic mass is 10.2. The lowest BCUT2D eigenvalue weighted by Gasteiger charge is -2.34. The summed E-state index contributed by atoms with van der Waals surface area (Å²) in [6.45, 7) is 7.52. The largest absolute Gasteiger partial charge is 0.468 e. The fourth-order valence-electron chi connectivity index (χ4n) is 2.69. The molecule has 100 valence electrons. The predicted molar refractivity (Wildman–Crippen MR) is 71.0 cm³/mol. The maximum Gasteiger partial charge on any atom is 0.122 e. The average Bonchev–Trinajstić information content (AvgIpc) is 3.09. The molecule has 2 aliphatic rings. The molecule has 1 saturated heterocycles. The molecule has 3 rings (SSSR count). The second-order valence-electron chi connectivity index (χ2n) is 5.59. The molecular formula is C14H23N3O. The van der Waals surface area contributed by atoms with Crippen LogP contribution in [0.5, 0.6) is 0 Å². The number of piperazine rings is 1. The number of hydrogen-bond acceptors (Lipinski definition) is 4. The summed E-state index contributed by atoms with van der Waals surface area (Å²) in [4.78, 5) is 5.08. The molecule has 1 saturated carbocycles. The third-order valence-electron chi connectivity index (χ3n) is 4.10. The van der Waals surface area contributed by atoms with E-state index >= 15 is 0 Å². The molecule has 0 unspecified atom stereocenters. The zero-order chi connectivity index (χ0) is 12.4. The van der Waals surface area contributed by atoms with E-state index in [0.717, 1.165) is 36.9 Å². The number of nitrogens with two attached hydrogens (primary N) is 1. The average molecular weight is 249 g/mol. The lowest BCUT2D eigenvalue weighted by Crippen LogP contribution is -2.46. The first-order chi connectivity index (χ1) is 8.85. The van der Waals surface area contributed by atoms with E-state index in [4.69, 9.17) is 10.2 Å². The first-order valence-electron chi connectivity index (χ1n) is 7.05. The maximum absolute atomic E-state index is 5.70. The van der Waals surface area contributed by atoms with E-state index in [0.29, 0.717) is 6.54 Å². The lowest BCUT2D eigenvalue weighted by molar-refractivity contribution is 0.117. The molecule has 0 atom stereocenters. The Morgan fingerprint density at radius 2 is 1.89 bits per heavy atom. The highest BCUT2D eigenvalue weighted by Crippen LogP contribution is 2.30. The van der Waals surface area contributed by atoms with Crippen molar-refractivity contribution in [2.24, 2.45) is 11.7 Å². The molecule has 2 fully saturated rings. The minimum absolute atomic E-state index is 0.577. The Hall–Kier alpha value is -0.840. The Morgan fingerprint density at radius 1 is 1.17 bits per heavy atom. The first-order valence-corrected chi connectivity index (χ1v) is 7.05. The van der Waals surface area contributed by atoms with Crippen molar-refractivity contribution in [3.05, 3.63) is 23.7 Å². The molecular weight excluding hydrogens is 226 g/mol. The van der Waals surface area contributed by atoms with Crippen LogP contribution in [0.1, 0.15) is 24.2 Å². The Labute approximate surface area is 109 Å². The van der Waals surface area contributed by atoms with E-state index in [-0.39, 0.29) is 0 Å². The Bertz CT molecular complexity index is 378. The molecule has 0 aromatic carbocycles. The van der Waals surface area contributed by atoms with Gasteiger partial charge in [0.15, 0.2) is 0 Å². The van der Waals surface area contributed by atoms with Crippen molar-refractivity contribution in [3.8, 4) is 0 Å². The number of nitrogens with zero attached hydrogens (tertiary/aromatic N) is 2. The zero-order valence-electron chi connectivity index (χ0n) is 11.0. The highest BCUT2D eigenvalue weighted by molar-refractivity contribution is 5.16. The summed E-state index contributed by atoms with van der Waals surface area (Å²) in [6.07, 6.45) is 4.65. The molecule has 4 nitrogen and oxygen atoms in total. The van der Waals surface area contributed by atoms with Gasteiger partial charge in [0.2, 0.25) is 0 Å². The van der Waals surface area contributed by atoms with E-state index in [2.05, 4.69) is 9.80 Å². The van der Waals surface area contributed by atoms with Gasteiger partial charge in [0.05, 0.1) is 12.8 Å². The zero-order valence-corrected chi connectivity index (χ0v) is 11.0. The molecule has 1 aliphatic carbocycles. The fraction of sp³-hybridized carbons (Fsp3) is 0.714. The second-order valence-corrected chi connectivity index (χ2v) is 5.59. The van der Waals surface area contributed by atoms with Crippen LogP contribution in [0.4, 0.5) is 0 Å².